The number of nitro groups is 1. The first-order valence-electron chi connectivity index (χ1n) is 8.08. The summed E-state index contributed by atoms with van der Waals surface area (Å²) in [7, 11) is 4.02. The Morgan fingerprint density at radius 1 is 1.43 bits per heavy atom. The Balaban J connectivity index is 2.13. The molecular formula is C15H25N5O3. The molecule has 128 valence electrons. The van der Waals surface area contributed by atoms with Crippen LogP contribution in [0.2, 0.25) is 0 Å². The van der Waals surface area contributed by atoms with Crippen molar-refractivity contribution in [3.05, 3.63) is 21.5 Å². The summed E-state index contributed by atoms with van der Waals surface area (Å²) in [5, 5.41) is 20.6. The quantitative estimate of drug-likeness (QED) is 0.589. The van der Waals surface area contributed by atoms with Gasteiger partial charge in [-0.15, -0.1) is 0 Å². The zero-order chi connectivity index (χ0) is 17.0. The van der Waals surface area contributed by atoms with Gasteiger partial charge in [-0.2, -0.15) is 5.10 Å². The predicted octanol–water partition coefficient (Wildman–Crippen LogP) is 1.87. The first-order valence-corrected chi connectivity index (χ1v) is 8.08. The molecule has 1 aromatic rings. The Bertz CT molecular complexity index is 576. The Labute approximate surface area is 135 Å². The van der Waals surface area contributed by atoms with Crippen LogP contribution in [0.15, 0.2) is 0 Å². The average Bonchev–Trinajstić information content (AvgIpc) is 3.12. The first kappa shape index (κ1) is 17.4. The topological polar surface area (TPSA) is 104 Å². The van der Waals surface area contributed by atoms with Gasteiger partial charge in [-0.25, -0.2) is 0 Å². The Morgan fingerprint density at radius 2 is 2.09 bits per heavy atom. The fourth-order valence-electron chi connectivity index (χ4n) is 3.30. The van der Waals surface area contributed by atoms with Crippen molar-refractivity contribution in [2.45, 2.75) is 51.0 Å². The molecule has 1 aliphatic rings. The van der Waals surface area contributed by atoms with E-state index in [0.29, 0.717) is 18.7 Å². The Hall–Kier alpha value is -1.96. The first-order chi connectivity index (χ1) is 10.9. The van der Waals surface area contributed by atoms with Crippen molar-refractivity contribution in [1.29, 1.82) is 0 Å². The number of aromatic nitrogens is 2. The molecule has 0 spiro atoms. The number of H-pyrrole nitrogens is 1. The molecule has 0 aromatic carbocycles. The van der Waals surface area contributed by atoms with Crippen LogP contribution in [0.3, 0.4) is 0 Å². The smallest absolute Gasteiger partial charge is 0.322 e. The van der Waals surface area contributed by atoms with Crippen molar-refractivity contribution in [3.63, 3.8) is 0 Å². The van der Waals surface area contributed by atoms with Crippen LogP contribution in [-0.4, -0.2) is 52.1 Å². The van der Waals surface area contributed by atoms with Crippen LogP contribution in [0, 0.1) is 10.1 Å². The second-order valence-corrected chi connectivity index (χ2v) is 6.42. The second kappa shape index (κ2) is 7.08. The number of hydrogen-bond acceptors (Lipinski definition) is 5. The highest BCUT2D eigenvalue weighted by Crippen LogP contribution is 2.33. The zero-order valence-electron chi connectivity index (χ0n) is 14.0. The molecule has 0 unspecified atom stereocenters. The van der Waals surface area contributed by atoms with Crippen molar-refractivity contribution in [1.82, 2.24) is 20.4 Å². The van der Waals surface area contributed by atoms with E-state index in [-0.39, 0.29) is 16.9 Å². The highest BCUT2D eigenvalue weighted by molar-refractivity contribution is 5.96. The lowest BCUT2D eigenvalue weighted by atomic mass is 9.96. The molecule has 8 nitrogen and oxygen atoms in total. The number of likely N-dealkylation sites (N-methyl/N-ethyl adjacent to an activating group) is 1. The average molecular weight is 323 g/mol. The number of hydrogen-bond donors (Lipinski definition) is 2. The lowest BCUT2D eigenvalue weighted by molar-refractivity contribution is -0.385. The molecule has 1 fully saturated rings. The highest BCUT2D eigenvalue weighted by Gasteiger charge is 2.37. The summed E-state index contributed by atoms with van der Waals surface area (Å²) in [6.07, 6.45) is 5.55. The van der Waals surface area contributed by atoms with Gasteiger partial charge in [0.1, 0.15) is 5.69 Å². The third-order valence-corrected chi connectivity index (χ3v) is 4.77. The Morgan fingerprint density at radius 3 is 2.61 bits per heavy atom. The SMILES string of the molecule is CCCc1[nH]nc(C(=O)NCC2(N(C)C)CCCC2)c1[N+](=O)[O-]. The minimum Gasteiger partial charge on any atom is -0.349 e. The van der Waals surface area contributed by atoms with Gasteiger partial charge in [-0.1, -0.05) is 26.2 Å². The third kappa shape index (κ3) is 3.52. The third-order valence-electron chi connectivity index (χ3n) is 4.77. The molecule has 0 saturated heterocycles. The maximum absolute atomic E-state index is 12.4. The fraction of sp³-hybridized carbons (Fsp3) is 0.733. The van der Waals surface area contributed by atoms with E-state index >= 15 is 0 Å². The number of aromatic amines is 1. The number of nitrogens with zero attached hydrogens (tertiary/aromatic N) is 3. The van der Waals surface area contributed by atoms with Crippen LogP contribution in [0.1, 0.15) is 55.2 Å². The van der Waals surface area contributed by atoms with Crippen molar-refractivity contribution in [3.8, 4) is 0 Å². The molecular weight excluding hydrogens is 298 g/mol. The second-order valence-electron chi connectivity index (χ2n) is 6.42. The minimum absolute atomic E-state index is 0.0625. The molecule has 0 bridgehead atoms. The van der Waals surface area contributed by atoms with Gasteiger partial charge in [0.15, 0.2) is 0 Å². The van der Waals surface area contributed by atoms with Crippen LogP contribution in [0.4, 0.5) is 5.69 Å². The molecule has 1 heterocycles. The van der Waals surface area contributed by atoms with Crippen molar-refractivity contribution in [2.75, 3.05) is 20.6 Å². The van der Waals surface area contributed by atoms with Crippen molar-refractivity contribution >= 4 is 11.6 Å². The fourth-order valence-corrected chi connectivity index (χ4v) is 3.30. The van der Waals surface area contributed by atoms with Gasteiger partial charge in [0.25, 0.3) is 5.91 Å². The van der Waals surface area contributed by atoms with Crippen LogP contribution in [0.5, 0.6) is 0 Å². The standard InChI is InChI=1S/C15H25N5O3/c1-4-7-11-13(20(22)23)12(18-17-11)14(21)16-10-15(19(2)3)8-5-6-9-15/h4-10H2,1-3H3,(H,16,21)(H,17,18). The molecule has 0 atom stereocenters. The van der Waals surface area contributed by atoms with Gasteiger partial charge in [-0.05, 0) is 33.4 Å². The van der Waals surface area contributed by atoms with E-state index in [2.05, 4.69) is 20.4 Å². The molecule has 2 rings (SSSR count). The van der Waals surface area contributed by atoms with Crippen LogP contribution >= 0.6 is 0 Å². The van der Waals surface area contributed by atoms with E-state index in [1.165, 1.54) is 0 Å². The van der Waals surface area contributed by atoms with Crippen LogP contribution in [-0.2, 0) is 6.42 Å². The molecule has 0 radical (unpaired) electrons. The van der Waals surface area contributed by atoms with Gasteiger partial charge < -0.3 is 10.2 Å². The maximum atomic E-state index is 12.4. The summed E-state index contributed by atoms with van der Waals surface area (Å²) >= 11 is 0. The summed E-state index contributed by atoms with van der Waals surface area (Å²) < 4.78 is 0. The van der Waals surface area contributed by atoms with E-state index in [0.717, 1.165) is 32.1 Å². The number of amides is 1. The molecule has 1 aliphatic carbocycles. The molecule has 0 aliphatic heterocycles. The number of rotatable bonds is 7. The van der Waals surface area contributed by atoms with Gasteiger partial charge >= 0.3 is 5.69 Å². The molecule has 1 aromatic heterocycles. The number of nitrogens with one attached hydrogen (secondary N) is 2. The van der Waals surface area contributed by atoms with Gasteiger partial charge in [0.2, 0.25) is 5.69 Å². The van der Waals surface area contributed by atoms with E-state index in [9.17, 15) is 14.9 Å². The highest BCUT2D eigenvalue weighted by atomic mass is 16.6. The van der Waals surface area contributed by atoms with Crippen LogP contribution in [0.25, 0.3) is 0 Å². The summed E-state index contributed by atoms with van der Waals surface area (Å²) in [6, 6.07) is 0. The van der Waals surface area contributed by atoms with E-state index in [1.807, 2.05) is 21.0 Å². The van der Waals surface area contributed by atoms with E-state index in [1.54, 1.807) is 0 Å². The number of carbonyl (C=O) groups excluding carboxylic acids is 1. The molecule has 23 heavy (non-hydrogen) atoms. The predicted molar refractivity (Wildman–Crippen MR) is 86.5 cm³/mol. The maximum Gasteiger partial charge on any atom is 0.322 e. The number of aryl methyl sites for hydroxylation is 1. The molecule has 1 amide bonds. The Kier molecular flexibility index (Phi) is 5.35. The van der Waals surface area contributed by atoms with Crippen LogP contribution < -0.4 is 5.32 Å². The normalized spacial score (nSPS) is 16.7. The van der Waals surface area contributed by atoms with Gasteiger partial charge in [0, 0.05) is 12.1 Å². The summed E-state index contributed by atoms with van der Waals surface area (Å²) in [5.41, 5.74) is 0.0263. The largest absolute Gasteiger partial charge is 0.349 e. The van der Waals surface area contributed by atoms with Crippen molar-refractivity contribution < 1.29 is 9.72 Å². The summed E-state index contributed by atoms with van der Waals surface area (Å²) in [6.45, 7) is 2.40. The summed E-state index contributed by atoms with van der Waals surface area (Å²) in [5.74, 6) is -0.483. The molecule has 2 N–H and O–H groups in total. The van der Waals surface area contributed by atoms with Gasteiger partial charge in [0.05, 0.1) is 4.92 Å². The van der Waals surface area contributed by atoms with Crippen molar-refractivity contribution in [2.24, 2.45) is 0 Å². The molecule has 1 saturated carbocycles. The monoisotopic (exact) mass is 323 g/mol. The van der Waals surface area contributed by atoms with E-state index < -0.39 is 10.8 Å². The summed E-state index contributed by atoms with van der Waals surface area (Å²) in [4.78, 5) is 25.3. The molecule has 8 heteroatoms. The lowest BCUT2D eigenvalue weighted by Gasteiger charge is -2.36. The minimum atomic E-state index is -0.527. The lowest BCUT2D eigenvalue weighted by Crippen LogP contribution is -2.50. The van der Waals surface area contributed by atoms with Gasteiger partial charge in [-0.3, -0.25) is 20.0 Å². The van der Waals surface area contributed by atoms with E-state index in [4.69, 9.17) is 0 Å². The number of carbonyl (C=O) groups is 1. The zero-order valence-corrected chi connectivity index (χ0v) is 14.0.